The normalized spacial score (nSPS) is 13.7. The molecule has 0 spiro atoms. The highest BCUT2D eigenvalue weighted by atomic mass is 14.2. The molecule has 0 aromatic heterocycles. The Balaban J connectivity index is 2.18. The number of benzene rings is 4. The van der Waals surface area contributed by atoms with E-state index in [4.69, 9.17) is 0 Å². The smallest absolute Gasteiger partial charge is 0.0921 e. The predicted octanol–water partition coefficient (Wildman–Crippen LogP) is 6.08. The van der Waals surface area contributed by atoms with Crippen LogP contribution in [-0.2, 0) is 0 Å². The number of hydrogen-bond acceptors (Lipinski definition) is 0. The third-order valence-corrected chi connectivity index (χ3v) is 5.49. The summed E-state index contributed by atoms with van der Waals surface area (Å²) in [6.07, 6.45) is 0. The van der Waals surface area contributed by atoms with Crippen LogP contribution >= 0.6 is 0 Å². The van der Waals surface area contributed by atoms with Crippen LogP contribution in [0.2, 0.25) is 0 Å². The lowest BCUT2D eigenvalue weighted by Crippen LogP contribution is -1.78. The zero-order chi connectivity index (χ0) is 13.3. The first-order chi connectivity index (χ1) is 10.4. The van der Waals surface area contributed by atoms with Gasteiger partial charge in [-0.15, -0.1) is 51.9 Å². The molecule has 0 aliphatic rings. The largest absolute Gasteiger partial charge is 0.243 e. The molecule has 0 nitrogen and oxygen atoms in total. The first kappa shape index (κ1) is 9.25. The van der Waals surface area contributed by atoms with Gasteiger partial charge in [0.25, 0.3) is 0 Å². The summed E-state index contributed by atoms with van der Waals surface area (Å²) in [5.74, 6) is 0. The molecule has 0 saturated carbocycles. The number of rotatable bonds is 0. The van der Waals surface area contributed by atoms with Crippen molar-refractivity contribution in [2.45, 2.75) is 0 Å². The Labute approximate surface area is 119 Å². The zero-order valence-corrected chi connectivity index (χ0v) is 11.2. The summed E-state index contributed by atoms with van der Waals surface area (Å²) in [7, 11) is 0. The lowest BCUT2D eigenvalue weighted by molar-refractivity contribution is 1.98. The van der Waals surface area contributed by atoms with Crippen LogP contribution in [0.5, 0.6) is 0 Å². The molecule has 7 aromatic rings. The van der Waals surface area contributed by atoms with Crippen molar-refractivity contribution in [2.24, 2.45) is 0 Å². The fourth-order valence-corrected chi connectivity index (χ4v) is 4.75. The molecule has 0 amide bonds. The minimum absolute atomic E-state index is 1.39. The molecule has 0 aliphatic heterocycles. The van der Waals surface area contributed by atoms with Crippen molar-refractivity contribution < 1.29 is 0 Å². The van der Waals surface area contributed by atoms with Crippen LogP contribution in [-0.4, -0.2) is 0 Å². The summed E-state index contributed by atoms with van der Waals surface area (Å²) in [6, 6.07) is 20.8. The van der Waals surface area contributed by atoms with Crippen molar-refractivity contribution in [1.29, 1.82) is 0 Å². The maximum Gasteiger partial charge on any atom is -0.0921 e. The van der Waals surface area contributed by atoms with Gasteiger partial charge < -0.3 is 0 Å². The molecule has 0 bridgehead atoms. The Morgan fingerprint density at radius 1 is 0.667 bits per heavy atom. The van der Waals surface area contributed by atoms with Gasteiger partial charge in [-0.25, -0.2) is 16.2 Å². The molecule has 0 fully saturated rings. The average Bonchev–Trinajstić information content (AvgIpc) is 3.14. The second kappa shape index (κ2) is 2.56. The summed E-state index contributed by atoms with van der Waals surface area (Å²) >= 11 is 0. The Morgan fingerprint density at radius 3 is 2.48 bits per heavy atom. The molecule has 0 unspecified atom stereocenters. The van der Waals surface area contributed by atoms with Gasteiger partial charge in [-0.2, -0.15) is 39.7 Å². The minimum Gasteiger partial charge on any atom is -0.243 e. The topological polar surface area (TPSA) is 0 Å². The van der Waals surface area contributed by atoms with E-state index < -0.39 is 0 Å². The van der Waals surface area contributed by atoms with Gasteiger partial charge in [0.1, 0.15) is 0 Å². The van der Waals surface area contributed by atoms with E-state index in [0.717, 1.165) is 0 Å². The van der Waals surface area contributed by atoms with Crippen LogP contribution in [0, 0.1) is 0 Å². The van der Waals surface area contributed by atoms with Crippen LogP contribution < -0.4 is 0 Å². The third-order valence-electron chi connectivity index (χ3n) is 5.49. The summed E-state index contributed by atoms with van der Waals surface area (Å²) in [4.78, 5) is 0. The average molecular weight is 261 g/mol. The Morgan fingerprint density at radius 2 is 1.52 bits per heavy atom. The van der Waals surface area contributed by atoms with Gasteiger partial charge in [0, 0.05) is 0 Å². The zero-order valence-electron chi connectivity index (χ0n) is 11.2. The van der Waals surface area contributed by atoms with Gasteiger partial charge >= 0.3 is 0 Å². The summed E-state index contributed by atoms with van der Waals surface area (Å²) in [5, 5.41) is 17.2. The van der Waals surface area contributed by atoms with E-state index in [1.54, 1.807) is 0 Å². The van der Waals surface area contributed by atoms with E-state index in [1.165, 1.54) is 64.6 Å². The summed E-state index contributed by atoms with van der Waals surface area (Å²) in [5.41, 5.74) is 0. The second-order valence-corrected chi connectivity index (χ2v) is 6.42. The van der Waals surface area contributed by atoms with Crippen LogP contribution in [0.15, 0.2) is 54.6 Å². The second-order valence-electron chi connectivity index (χ2n) is 6.42. The fraction of sp³-hybridized carbons (Fsp3) is 0. The van der Waals surface area contributed by atoms with Crippen molar-refractivity contribution >= 4 is 64.6 Å². The summed E-state index contributed by atoms with van der Waals surface area (Å²) in [6.45, 7) is 0. The molecule has 0 heteroatoms. The molecule has 96 valence electrons. The van der Waals surface area contributed by atoms with Gasteiger partial charge in [0.2, 0.25) is 0 Å². The first-order valence-electron chi connectivity index (χ1n) is 7.46. The standard InChI is InChI=1S/C21H9/c1-2-11-8-13-5-6-15-9-14-4-3-12-7-10(1)16-17(11)19(13)21(15)20(14)18(12)16/h1-9H/q-3. The Hall–Kier alpha value is -2.73. The van der Waals surface area contributed by atoms with Crippen molar-refractivity contribution in [3.63, 3.8) is 0 Å². The van der Waals surface area contributed by atoms with Gasteiger partial charge in [0.15, 0.2) is 0 Å². The van der Waals surface area contributed by atoms with Gasteiger partial charge in [-0.05, 0) is 0 Å². The molecular weight excluding hydrogens is 252 g/mol. The number of hydrogen-bond donors (Lipinski definition) is 0. The van der Waals surface area contributed by atoms with E-state index in [2.05, 4.69) is 54.6 Å². The molecular formula is C21H9-3. The molecule has 0 saturated heterocycles. The van der Waals surface area contributed by atoms with Crippen molar-refractivity contribution in [1.82, 2.24) is 0 Å². The van der Waals surface area contributed by atoms with Crippen LogP contribution in [0.4, 0.5) is 0 Å². The Bertz CT molecular complexity index is 1100. The van der Waals surface area contributed by atoms with Gasteiger partial charge in [-0.1, -0.05) is 11.5 Å². The highest BCUT2D eigenvalue weighted by Gasteiger charge is 2.07. The fourth-order valence-electron chi connectivity index (χ4n) is 4.75. The van der Waals surface area contributed by atoms with E-state index in [-0.39, 0.29) is 0 Å². The quantitative estimate of drug-likeness (QED) is 0.229. The maximum atomic E-state index is 2.35. The predicted molar refractivity (Wildman–Crippen MR) is 91.8 cm³/mol. The third kappa shape index (κ3) is 0.771. The van der Waals surface area contributed by atoms with Crippen LogP contribution in [0.25, 0.3) is 64.6 Å². The van der Waals surface area contributed by atoms with E-state index >= 15 is 0 Å². The molecule has 0 radical (unpaired) electrons. The first-order valence-corrected chi connectivity index (χ1v) is 7.46. The van der Waals surface area contributed by atoms with Crippen molar-refractivity contribution in [3.05, 3.63) is 54.6 Å². The minimum atomic E-state index is 1.39. The van der Waals surface area contributed by atoms with Gasteiger partial charge in [-0.3, -0.25) is 0 Å². The van der Waals surface area contributed by atoms with Crippen molar-refractivity contribution in [3.8, 4) is 0 Å². The molecule has 0 heterocycles. The molecule has 0 N–H and O–H groups in total. The van der Waals surface area contributed by atoms with Crippen LogP contribution in [0.1, 0.15) is 0 Å². The highest BCUT2D eigenvalue weighted by molar-refractivity contribution is 6.47. The summed E-state index contributed by atoms with van der Waals surface area (Å²) < 4.78 is 0. The molecule has 7 aromatic carbocycles. The molecule has 0 atom stereocenters. The van der Waals surface area contributed by atoms with E-state index in [0.29, 0.717) is 0 Å². The molecule has 0 aliphatic carbocycles. The van der Waals surface area contributed by atoms with Crippen LogP contribution in [0.3, 0.4) is 0 Å². The van der Waals surface area contributed by atoms with E-state index in [1.807, 2.05) is 0 Å². The highest BCUT2D eigenvalue weighted by Crippen LogP contribution is 2.51. The van der Waals surface area contributed by atoms with Gasteiger partial charge in [0.05, 0.1) is 0 Å². The van der Waals surface area contributed by atoms with Crippen molar-refractivity contribution in [2.75, 3.05) is 0 Å². The van der Waals surface area contributed by atoms with E-state index in [9.17, 15) is 0 Å². The molecule has 21 heavy (non-hydrogen) atoms. The molecule has 7 rings (SSSR count). The maximum absolute atomic E-state index is 2.35. The lowest BCUT2D eigenvalue weighted by Gasteiger charge is -2.24. The monoisotopic (exact) mass is 261 g/mol. The lowest BCUT2D eigenvalue weighted by atomic mass is 9.95. The Kier molecular flexibility index (Phi) is 1.13. The SMILES string of the molecule is c1c[c-]2cc3ccc4c[c-]5ccc6cc1c1c6c5[c-]4c3c12.